The number of benzene rings is 3. The van der Waals surface area contributed by atoms with Crippen molar-refractivity contribution in [3.8, 4) is 5.75 Å². The molecule has 3 aromatic carbocycles. The van der Waals surface area contributed by atoms with Gasteiger partial charge in [-0.2, -0.15) is 0 Å². The topological polar surface area (TPSA) is 103 Å². The fourth-order valence-corrected chi connectivity index (χ4v) is 3.08. The first-order chi connectivity index (χ1) is 14.5. The molecule has 8 heteroatoms. The minimum Gasteiger partial charge on any atom is -0.481 e. The maximum atomic E-state index is 12.3. The zero-order valence-corrected chi connectivity index (χ0v) is 16.1. The van der Waals surface area contributed by atoms with E-state index in [4.69, 9.17) is 9.15 Å². The van der Waals surface area contributed by atoms with Gasteiger partial charge < -0.3 is 9.15 Å². The van der Waals surface area contributed by atoms with Crippen LogP contribution in [0.4, 0.5) is 0 Å². The average Bonchev–Trinajstić information content (AvgIpc) is 3.07. The Morgan fingerprint density at radius 1 is 1.00 bits per heavy atom. The summed E-state index contributed by atoms with van der Waals surface area (Å²) in [5.41, 5.74) is 5.48. The van der Waals surface area contributed by atoms with Gasteiger partial charge in [-0.05, 0) is 42.0 Å². The van der Waals surface area contributed by atoms with Gasteiger partial charge in [0.05, 0.1) is 5.52 Å². The second kappa shape index (κ2) is 8.12. The molecular formula is C22H19N3O5. The van der Waals surface area contributed by atoms with Crippen molar-refractivity contribution in [1.82, 2.24) is 15.4 Å². The summed E-state index contributed by atoms with van der Waals surface area (Å²) in [6.07, 6.45) is -0.844. The van der Waals surface area contributed by atoms with Gasteiger partial charge in [0.2, 0.25) is 0 Å². The van der Waals surface area contributed by atoms with Crippen molar-refractivity contribution in [1.29, 1.82) is 0 Å². The molecule has 2 N–H and O–H groups in total. The monoisotopic (exact) mass is 405 g/mol. The van der Waals surface area contributed by atoms with E-state index in [-0.39, 0.29) is 6.54 Å². The van der Waals surface area contributed by atoms with Crippen LogP contribution in [0.15, 0.2) is 75.9 Å². The Hall–Kier alpha value is -4.07. The maximum absolute atomic E-state index is 12.3. The molecule has 1 unspecified atom stereocenters. The van der Waals surface area contributed by atoms with Gasteiger partial charge in [0.25, 0.3) is 11.8 Å². The van der Waals surface area contributed by atoms with Crippen LogP contribution in [0.2, 0.25) is 0 Å². The molecule has 0 aliphatic carbocycles. The van der Waals surface area contributed by atoms with Crippen LogP contribution in [0.3, 0.4) is 0 Å². The predicted octanol–water partition coefficient (Wildman–Crippen LogP) is 2.36. The molecule has 1 aromatic heterocycles. The molecule has 0 fully saturated rings. The Labute approximate surface area is 171 Å². The zero-order valence-electron chi connectivity index (χ0n) is 16.1. The lowest BCUT2D eigenvalue weighted by molar-refractivity contribution is -0.132. The quantitative estimate of drug-likeness (QED) is 0.496. The fraction of sp³-hybridized carbons (Fsp3) is 0.136. The van der Waals surface area contributed by atoms with Crippen molar-refractivity contribution in [3.05, 3.63) is 77.3 Å². The van der Waals surface area contributed by atoms with Crippen LogP contribution in [0.5, 0.6) is 5.75 Å². The third-order valence-corrected chi connectivity index (χ3v) is 4.60. The van der Waals surface area contributed by atoms with Crippen LogP contribution in [0, 0.1) is 0 Å². The molecule has 152 valence electrons. The number of ether oxygens (including phenoxy) is 1. The maximum Gasteiger partial charge on any atom is 0.420 e. The first kappa shape index (κ1) is 19.3. The molecular weight excluding hydrogens is 386 g/mol. The highest BCUT2D eigenvalue weighted by Gasteiger charge is 2.17. The lowest BCUT2D eigenvalue weighted by atomic mass is 10.1. The highest BCUT2D eigenvalue weighted by atomic mass is 16.5. The zero-order chi connectivity index (χ0) is 21.1. The van der Waals surface area contributed by atoms with Crippen LogP contribution in [-0.4, -0.2) is 22.5 Å². The molecule has 0 aliphatic rings. The van der Waals surface area contributed by atoms with Gasteiger partial charge >= 0.3 is 5.76 Å². The molecule has 30 heavy (non-hydrogen) atoms. The van der Waals surface area contributed by atoms with Crippen molar-refractivity contribution in [2.45, 2.75) is 19.6 Å². The van der Waals surface area contributed by atoms with E-state index in [1.54, 1.807) is 37.3 Å². The Kier molecular flexibility index (Phi) is 5.21. The lowest BCUT2D eigenvalue weighted by Crippen LogP contribution is -2.48. The van der Waals surface area contributed by atoms with Gasteiger partial charge in [0, 0.05) is 0 Å². The predicted molar refractivity (Wildman–Crippen MR) is 111 cm³/mol. The van der Waals surface area contributed by atoms with Crippen molar-refractivity contribution >= 4 is 33.7 Å². The summed E-state index contributed by atoms with van der Waals surface area (Å²) in [6.45, 7) is 1.28. The molecule has 2 amide bonds. The largest absolute Gasteiger partial charge is 0.481 e. The highest BCUT2D eigenvalue weighted by Crippen LogP contribution is 2.21. The molecule has 0 aliphatic heterocycles. The highest BCUT2D eigenvalue weighted by molar-refractivity contribution is 5.86. The summed E-state index contributed by atoms with van der Waals surface area (Å²) < 4.78 is 11.9. The third-order valence-electron chi connectivity index (χ3n) is 4.60. The summed E-state index contributed by atoms with van der Waals surface area (Å²) in [5.74, 6) is -1.21. The first-order valence-corrected chi connectivity index (χ1v) is 9.34. The molecule has 8 nitrogen and oxygen atoms in total. The van der Waals surface area contributed by atoms with E-state index >= 15 is 0 Å². The summed E-state index contributed by atoms with van der Waals surface area (Å²) >= 11 is 0. The Bertz CT molecular complexity index is 1290. The van der Waals surface area contributed by atoms with Crippen LogP contribution in [-0.2, 0) is 16.1 Å². The van der Waals surface area contributed by atoms with E-state index in [1.165, 1.54) is 4.57 Å². The molecule has 0 spiro atoms. The summed E-state index contributed by atoms with van der Waals surface area (Å²) in [4.78, 5) is 36.4. The molecule has 4 aromatic rings. The molecule has 0 radical (unpaired) electrons. The summed E-state index contributed by atoms with van der Waals surface area (Å²) in [6, 6.07) is 20.1. The lowest BCUT2D eigenvalue weighted by Gasteiger charge is -2.15. The van der Waals surface area contributed by atoms with Crippen LogP contribution < -0.4 is 21.3 Å². The number of nitrogens with one attached hydrogen (secondary N) is 2. The van der Waals surface area contributed by atoms with E-state index < -0.39 is 23.7 Å². The van der Waals surface area contributed by atoms with E-state index in [0.717, 1.165) is 10.8 Å². The van der Waals surface area contributed by atoms with Gasteiger partial charge in [0.1, 0.15) is 12.3 Å². The number of carbonyl (C=O) groups excluding carboxylic acids is 2. The average molecular weight is 405 g/mol. The molecule has 0 bridgehead atoms. The number of fused-ring (bicyclic) bond motifs is 2. The second-order valence-electron chi connectivity index (χ2n) is 6.73. The van der Waals surface area contributed by atoms with E-state index in [1.807, 2.05) is 36.4 Å². The number of nitrogens with zero attached hydrogens (tertiary/aromatic N) is 1. The minimum atomic E-state index is -0.844. The molecule has 0 saturated carbocycles. The number of amides is 2. The molecule has 0 saturated heterocycles. The van der Waals surface area contributed by atoms with Gasteiger partial charge in [0.15, 0.2) is 11.7 Å². The van der Waals surface area contributed by atoms with Gasteiger partial charge in [-0.3, -0.25) is 25.0 Å². The SMILES string of the molecule is CC(Oc1ccc2ccccc2c1)C(=O)NNC(=O)Cn1c(=O)oc2ccccc21. The van der Waals surface area contributed by atoms with E-state index in [0.29, 0.717) is 16.8 Å². The summed E-state index contributed by atoms with van der Waals surface area (Å²) in [7, 11) is 0. The molecule has 1 heterocycles. The van der Waals surface area contributed by atoms with E-state index in [9.17, 15) is 14.4 Å². The van der Waals surface area contributed by atoms with Gasteiger partial charge in [-0.25, -0.2) is 4.79 Å². The van der Waals surface area contributed by atoms with Crippen molar-refractivity contribution in [2.24, 2.45) is 0 Å². The fourth-order valence-electron chi connectivity index (χ4n) is 3.08. The van der Waals surface area contributed by atoms with Crippen molar-refractivity contribution < 1.29 is 18.7 Å². The first-order valence-electron chi connectivity index (χ1n) is 9.34. The van der Waals surface area contributed by atoms with Gasteiger partial charge in [-0.1, -0.05) is 42.5 Å². The van der Waals surface area contributed by atoms with Crippen LogP contribution in [0.1, 0.15) is 6.92 Å². The molecule has 1 atom stereocenters. The number of hydrazine groups is 1. The third kappa shape index (κ3) is 4.02. The number of oxazole rings is 1. The smallest absolute Gasteiger partial charge is 0.420 e. The standard InChI is InChI=1S/C22H19N3O5/c1-14(29-17-11-10-15-6-2-3-7-16(15)12-17)21(27)24-23-20(26)13-25-18-8-4-5-9-19(18)30-22(25)28/h2-12,14H,13H2,1H3,(H,23,26)(H,24,27). The number of hydrogen-bond donors (Lipinski definition) is 2. The number of para-hydroxylation sites is 2. The Morgan fingerprint density at radius 2 is 1.73 bits per heavy atom. The number of rotatable bonds is 5. The van der Waals surface area contributed by atoms with Crippen molar-refractivity contribution in [3.63, 3.8) is 0 Å². The van der Waals surface area contributed by atoms with Crippen LogP contribution >= 0.6 is 0 Å². The van der Waals surface area contributed by atoms with E-state index in [2.05, 4.69) is 10.9 Å². The number of aromatic nitrogens is 1. The normalized spacial score (nSPS) is 11.9. The van der Waals surface area contributed by atoms with Crippen LogP contribution in [0.25, 0.3) is 21.9 Å². The number of hydrogen-bond acceptors (Lipinski definition) is 5. The summed E-state index contributed by atoms with van der Waals surface area (Å²) in [5, 5.41) is 2.06. The number of carbonyl (C=O) groups is 2. The second-order valence-corrected chi connectivity index (χ2v) is 6.73. The Morgan fingerprint density at radius 3 is 2.57 bits per heavy atom. The minimum absolute atomic E-state index is 0.296. The Balaban J connectivity index is 1.34. The van der Waals surface area contributed by atoms with Crippen molar-refractivity contribution in [2.75, 3.05) is 0 Å². The van der Waals surface area contributed by atoms with Gasteiger partial charge in [-0.15, -0.1) is 0 Å². The molecule has 4 rings (SSSR count).